The number of rotatable bonds is 2. The van der Waals surface area contributed by atoms with Crippen LogP contribution in [0.3, 0.4) is 0 Å². The van der Waals surface area contributed by atoms with Gasteiger partial charge in [-0.1, -0.05) is 63.2 Å². The molecule has 0 spiro atoms. The molecule has 1 atom stereocenters. The van der Waals surface area contributed by atoms with Crippen LogP contribution in [0, 0.1) is 0 Å². The molecular formula is C20H25N. The summed E-state index contributed by atoms with van der Waals surface area (Å²) < 4.78 is 0. The van der Waals surface area contributed by atoms with E-state index in [9.17, 15) is 0 Å². The standard InChI is InChI=1S/C20H25N/c1-20(2,3)15-10-8-14(9-11-15)16-6-5-7-18-17(16)12-13-19(18)21-4/h5-11,19,21H,12-13H2,1-4H3. The van der Waals surface area contributed by atoms with E-state index in [1.807, 2.05) is 0 Å². The Kier molecular flexibility index (Phi) is 3.62. The molecule has 0 bridgehead atoms. The molecule has 0 aliphatic heterocycles. The lowest BCUT2D eigenvalue weighted by atomic mass is 9.86. The third kappa shape index (κ3) is 2.63. The first-order valence-electron chi connectivity index (χ1n) is 7.90. The van der Waals surface area contributed by atoms with Crippen LogP contribution < -0.4 is 5.32 Å². The van der Waals surface area contributed by atoms with Gasteiger partial charge in [-0.05, 0) is 53.1 Å². The van der Waals surface area contributed by atoms with Gasteiger partial charge in [0.1, 0.15) is 0 Å². The molecule has 0 saturated heterocycles. The minimum absolute atomic E-state index is 0.217. The maximum absolute atomic E-state index is 3.43. The van der Waals surface area contributed by atoms with Gasteiger partial charge >= 0.3 is 0 Å². The highest BCUT2D eigenvalue weighted by Gasteiger charge is 2.23. The Labute approximate surface area is 128 Å². The van der Waals surface area contributed by atoms with Crippen LogP contribution in [0.5, 0.6) is 0 Å². The second kappa shape index (κ2) is 5.31. The van der Waals surface area contributed by atoms with Gasteiger partial charge < -0.3 is 5.32 Å². The average Bonchev–Trinajstić information content (AvgIpc) is 2.89. The number of hydrogen-bond donors (Lipinski definition) is 1. The summed E-state index contributed by atoms with van der Waals surface area (Å²) >= 11 is 0. The van der Waals surface area contributed by atoms with Crippen molar-refractivity contribution in [1.29, 1.82) is 0 Å². The predicted molar refractivity (Wildman–Crippen MR) is 90.7 cm³/mol. The van der Waals surface area contributed by atoms with Gasteiger partial charge in [-0.2, -0.15) is 0 Å². The molecule has 21 heavy (non-hydrogen) atoms. The SMILES string of the molecule is CNC1CCc2c(-c3ccc(C(C)(C)C)cc3)cccc21. The lowest BCUT2D eigenvalue weighted by molar-refractivity contribution is 0.590. The van der Waals surface area contributed by atoms with Crippen molar-refractivity contribution in [3.63, 3.8) is 0 Å². The maximum atomic E-state index is 3.43. The van der Waals surface area contributed by atoms with Crippen LogP contribution in [-0.2, 0) is 11.8 Å². The summed E-state index contributed by atoms with van der Waals surface area (Å²) in [5.41, 5.74) is 7.37. The van der Waals surface area contributed by atoms with Crippen molar-refractivity contribution < 1.29 is 0 Å². The quantitative estimate of drug-likeness (QED) is 0.828. The second-order valence-electron chi connectivity index (χ2n) is 7.08. The van der Waals surface area contributed by atoms with Crippen molar-refractivity contribution in [1.82, 2.24) is 5.32 Å². The van der Waals surface area contributed by atoms with Crippen LogP contribution in [0.2, 0.25) is 0 Å². The Balaban J connectivity index is 2.01. The first-order chi connectivity index (χ1) is 10.0. The first-order valence-corrected chi connectivity index (χ1v) is 7.90. The fourth-order valence-electron chi connectivity index (χ4n) is 3.37. The molecule has 1 nitrogen and oxygen atoms in total. The average molecular weight is 279 g/mol. The molecule has 2 aromatic rings. The van der Waals surface area contributed by atoms with Crippen molar-refractivity contribution >= 4 is 0 Å². The summed E-state index contributed by atoms with van der Waals surface area (Å²) in [6.45, 7) is 6.79. The Morgan fingerprint density at radius 1 is 1.00 bits per heavy atom. The lowest BCUT2D eigenvalue weighted by Crippen LogP contribution is -2.12. The molecule has 0 saturated carbocycles. The van der Waals surface area contributed by atoms with Gasteiger partial charge in [0.25, 0.3) is 0 Å². The van der Waals surface area contributed by atoms with E-state index in [2.05, 4.69) is 75.6 Å². The van der Waals surface area contributed by atoms with Crippen molar-refractivity contribution in [3.05, 3.63) is 59.2 Å². The van der Waals surface area contributed by atoms with Gasteiger partial charge in [0.05, 0.1) is 0 Å². The van der Waals surface area contributed by atoms with Gasteiger partial charge in [-0.25, -0.2) is 0 Å². The Morgan fingerprint density at radius 3 is 2.33 bits per heavy atom. The van der Waals surface area contributed by atoms with Crippen LogP contribution in [-0.4, -0.2) is 7.05 Å². The summed E-state index contributed by atoms with van der Waals surface area (Å²) in [6.07, 6.45) is 2.39. The third-order valence-corrected chi connectivity index (χ3v) is 4.68. The number of fused-ring (bicyclic) bond motifs is 1. The topological polar surface area (TPSA) is 12.0 Å². The molecule has 110 valence electrons. The minimum Gasteiger partial charge on any atom is -0.313 e. The number of benzene rings is 2. The largest absolute Gasteiger partial charge is 0.313 e. The van der Waals surface area contributed by atoms with E-state index >= 15 is 0 Å². The first kappa shape index (κ1) is 14.3. The Bertz CT molecular complexity index is 632. The van der Waals surface area contributed by atoms with Crippen LogP contribution in [0.4, 0.5) is 0 Å². The van der Waals surface area contributed by atoms with Crippen molar-refractivity contribution in [3.8, 4) is 11.1 Å². The summed E-state index contributed by atoms with van der Waals surface area (Å²) in [5, 5.41) is 3.43. The molecule has 1 heteroatoms. The van der Waals surface area contributed by atoms with Gasteiger partial charge in [0.15, 0.2) is 0 Å². The Morgan fingerprint density at radius 2 is 1.71 bits per heavy atom. The molecule has 0 fully saturated rings. The number of nitrogens with one attached hydrogen (secondary N) is 1. The molecular weight excluding hydrogens is 254 g/mol. The molecule has 1 N–H and O–H groups in total. The highest BCUT2D eigenvalue weighted by atomic mass is 14.9. The summed E-state index contributed by atoms with van der Waals surface area (Å²) in [7, 11) is 2.06. The van der Waals surface area contributed by atoms with Gasteiger partial charge in [0.2, 0.25) is 0 Å². The molecule has 1 aliphatic carbocycles. The zero-order valence-electron chi connectivity index (χ0n) is 13.5. The molecule has 1 unspecified atom stereocenters. The highest BCUT2D eigenvalue weighted by molar-refractivity contribution is 5.70. The normalized spacial score (nSPS) is 17.8. The van der Waals surface area contributed by atoms with Crippen molar-refractivity contribution in [2.75, 3.05) is 7.05 Å². The second-order valence-corrected chi connectivity index (χ2v) is 7.08. The molecule has 1 aliphatic rings. The van der Waals surface area contributed by atoms with E-state index in [1.165, 1.54) is 40.7 Å². The van der Waals surface area contributed by atoms with Crippen LogP contribution in [0.25, 0.3) is 11.1 Å². The van der Waals surface area contributed by atoms with E-state index in [-0.39, 0.29) is 5.41 Å². The van der Waals surface area contributed by atoms with Crippen LogP contribution in [0.15, 0.2) is 42.5 Å². The molecule has 3 rings (SSSR count). The molecule has 0 heterocycles. The van der Waals surface area contributed by atoms with Gasteiger partial charge in [-0.15, -0.1) is 0 Å². The summed E-state index contributed by atoms with van der Waals surface area (Å²) in [4.78, 5) is 0. The van der Waals surface area contributed by atoms with E-state index < -0.39 is 0 Å². The zero-order chi connectivity index (χ0) is 15.0. The predicted octanol–water partition coefficient (Wildman–Crippen LogP) is 4.86. The highest BCUT2D eigenvalue weighted by Crippen LogP contribution is 2.38. The summed E-state index contributed by atoms with van der Waals surface area (Å²) in [6, 6.07) is 16.4. The monoisotopic (exact) mass is 279 g/mol. The molecule has 0 aromatic heterocycles. The summed E-state index contributed by atoms with van der Waals surface area (Å²) in [5.74, 6) is 0. The lowest BCUT2D eigenvalue weighted by Gasteiger charge is -2.19. The van der Waals surface area contributed by atoms with Crippen LogP contribution in [0.1, 0.15) is 49.9 Å². The Hall–Kier alpha value is -1.60. The van der Waals surface area contributed by atoms with Gasteiger partial charge in [-0.3, -0.25) is 0 Å². The molecule has 0 amide bonds. The minimum atomic E-state index is 0.217. The maximum Gasteiger partial charge on any atom is 0.0323 e. The molecule has 0 radical (unpaired) electrons. The fourth-order valence-corrected chi connectivity index (χ4v) is 3.37. The van der Waals surface area contributed by atoms with E-state index in [4.69, 9.17) is 0 Å². The fraction of sp³-hybridized carbons (Fsp3) is 0.400. The van der Waals surface area contributed by atoms with Crippen LogP contribution >= 0.6 is 0 Å². The van der Waals surface area contributed by atoms with Crippen molar-refractivity contribution in [2.45, 2.75) is 45.1 Å². The smallest absolute Gasteiger partial charge is 0.0323 e. The zero-order valence-corrected chi connectivity index (χ0v) is 13.5. The third-order valence-electron chi connectivity index (χ3n) is 4.68. The van der Waals surface area contributed by atoms with Gasteiger partial charge in [0, 0.05) is 6.04 Å². The molecule has 2 aromatic carbocycles. The van der Waals surface area contributed by atoms with E-state index in [0.29, 0.717) is 6.04 Å². The number of hydrogen-bond acceptors (Lipinski definition) is 1. The van der Waals surface area contributed by atoms with E-state index in [0.717, 1.165) is 0 Å². The van der Waals surface area contributed by atoms with Crippen molar-refractivity contribution in [2.24, 2.45) is 0 Å². The van der Waals surface area contributed by atoms with E-state index in [1.54, 1.807) is 0 Å².